The summed E-state index contributed by atoms with van der Waals surface area (Å²) in [6, 6.07) is 0.345. The van der Waals surface area contributed by atoms with Gasteiger partial charge in [-0.15, -0.1) is 5.10 Å². The third-order valence-electron chi connectivity index (χ3n) is 4.88. The van der Waals surface area contributed by atoms with Crippen LogP contribution in [0, 0.1) is 6.92 Å². The zero-order chi connectivity index (χ0) is 16.2. The molecule has 7 heteroatoms. The van der Waals surface area contributed by atoms with Crippen molar-refractivity contribution in [3.63, 3.8) is 0 Å². The number of rotatable bonds is 4. The largest absolute Gasteiger partial charge is 0.376 e. The molecule has 7 nitrogen and oxygen atoms in total. The second kappa shape index (κ2) is 7.40. The van der Waals surface area contributed by atoms with E-state index in [4.69, 9.17) is 4.74 Å². The van der Waals surface area contributed by atoms with Crippen molar-refractivity contribution < 1.29 is 9.53 Å². The summed E-state index contributed by atoms with van der Waals surface area (Å²) in [6.07, 6.45) is 5.54. The summed E-state index contributed by atoms with van der Waals surface area (Å²) in [4.78, 5) is 14.4. The zero-order valence-electron chi connectivity index (χ0n) is 14.1. The standard InChI is InChI=1S/C16H27N5O2/c1-12-15(18-19-21(12)13-6-8-17-9-7-13)16(22)20(2)11-14-5-3-4-10-23-14/h13-14,17H,3-11H2,1-2H3. The lowest BCUT2D eigenvalue weighted by atomic mass is 10.1. The summed E-state index contributed by atoms with van der Waals surface area (Å²) in [7, 11) is 1.82. The highest BCUT2D eigenvalue weighted by atomic mass is 16.5. The van der Waals surface area contributed by atoms with Gasteiger partial charge in [-0.2, -0.15) is 0 Å². The van der Waals surface area contributed by atoms with Gasteiger partial charge in [0.1, 0.15) is 0 Å². The van der Waals surface area contributed by atoms with Gasteiger partial charge >= 0.3 is 0 Å². The van der Waals surface area contributed by atoms with Gasteiger partial charge in [0.05, 0.1) is 17.8 Å². The number of hydrogen-bond donors (Lipinski definition) is 1. The van der Waals surface area contributed by atoms with Crippen LogP contribution in [-0.2, 0) is 4.74 Å². The third kappa shape index (κ3) is 3.72. The van der Waals surface area contributed by atoms with Gasteiger partial charge in [-0.3, -0.25) is 4.79 Å². The number of amides is 1. The minimum atomic E-state index is -0.0585. The molecule has 2 aliphatic rings. The Morgan fingerprint density at radius 2 is 2.13 bits per heavy atom. The SMILES string of the molecule is Cc1c(C(=O)N(C)CC2CCCCO2)nnn1C1CCNCC1. The van der Waals surface area contributed by atoms with E-state index >= 15 is 0 Å². The van der Waals surface area contributed by atoms with Gasteiger partial charge in [0.2, 0.25) is 0 Å². The van der Waals surface area contributed by atoms with E-state index in [1.165, 1.54) is 6.42 Å². The minimum absolute atomic E-state index is 0.0585. The first-order valence-electron chi connectivity index (χ1n) is 8.66. The van der Waals surface area contributed by atoms with Gasteiger partial charge in [0, 0.05) is 20.2 Å². The summed E-state index contributed by atoms with van der Waals surface area (Å²) in [5, 5.41) is 11.8. The molecule has 1 atom stereocenters. The maximum atomic E-state index is 12.7. The fourth-order valence-electron chi connectivity index (χ4n) is 3.46. The number of nitrogens with zero attached hydrogens (tertiary/aromatic N) is 4. The van der Waals surface area contributed by atoms with Crippen LogP contribution in [-0.4, -0.2) is 65.2 Å². The molecule has 2 saturated heterocycles. The van der Waals surface area contributed by atoms with E-state index < -0.39 is 0 Å². The van der Waals surface area contributed by atoms with Crippen molar-refractivity contribution in [3.05, 3.63) is 11.4 Å². The highest BCUT2D eigenvalue weighted by Gasteiger charge is 2.26. The van der Waals surface area contributed by atoms with Crippen LogP contribution in [0.3, 0.4) is 0 Å². The van der Waals surface area contributed by atoms with Crippen LogP contribution < -0.4 is 5.32 Å². The van der Waals surface area contributed by atoms with E-state index in [1.807, 2.05) is 18.7 Å². The number of carbonyl (C=O) groups is 1. The minimum Gasteiger partial charge on any atom is -0.376 e. The Kier molecular flexibility index (Phi) is 5.27. The highest BCUT2D eigenvalue weighted by Crippen LogP contribution is 2.21. The summed E-state index contributed by atoms with van der Waals surface area (Å²) in [5.41, 5.74) is 1.35. The second-order valence-electron chi connectivity index (χ2n) is 6.62. The van der Waals surface area contributed by atoms with Gasteiger partial charge in [-0.05, 0) is 52.1 Å². The van der Waals surface area contributed by atoms with E-state index in [2.05, 4.69) is 15.6 Å². The summed E-state index contributed by atoms with van der Waals surface area (Å²) < 4.78 is 7.65. The van der Waals surface area contributed by atoms with Gasteiger partial charge in [-0.25, -0.2) is 4.68 Å². The molecule has 1 N–H and O–H groups in total. The predicted octanol–water partition coefficient (Wildman–Crippen LogP) is 1.15. The Labute approximate surface area is 137 Å². The molecule has 0 spiro atoms. The van der Waals surface area contributed by atoms with Gasteiger partial charge < -0.3 is 15.0 Å². The molecule has 128 valence electrons. The lowest BCUT2D eigenvalue weighted by Gasteiger charge is -2.27. The first-order chi connectivity index (χ1) is 11.2. The predicted molar refractivity (Wildman–Crippen MR) is 86.5 cm³/mol. The van der Waals surface area contributed by atoms with E-state index in [0.29, 0.717) is 18.3 Å². The van der Waals surface area contributed by atoms with Crippen molar-refractivity contribution in [3.8, 4) is 0 Å². The quantitative estimate of drug-likeness (QED) is 0.901. The molecule has 0 aromatic carbocycles. The number of aromatic nitrogens is 3. The Bertz CT molecular complexity index is 533. The second-order valence-corrected chi connectivity index (χ2v) is 6.62. The number of hydrogen-bond acceptors (Lipinski definition) is 5. The number of ether oxygens (including phenoxy) is 1. The molecule has 1 aromatic heterocycles. The van der Waals surface area contributed by atoms with E-state index in [1.54, 1.807) is 4.90 Å². The Morgan fingerprint density at radius 1 is 1.35 bits per heavy atom. The van der Waals surface area contributed by atoms with Crippen molar-refractivity contribution in [1.29, 1.82) is 0 Å². The molecule has 0 saturated carbocycles. The van der Waals surface area contributed by atoms with Gasteiger partial charge in [-0.1, -0.05) is 5.21 Å². The normalized spacial score (nSPS) is 23.0. The lowest BCUT2D eigenvalue weighted by molar-refractivity contribution is -0.000310. The van der Waals surface area contributed by atoms with Crippen molar-refractivity contribution in [2.75, 3.05) is 33.3 Å². The summed E-state index contributed by atoms with van der Waals surface area (Å²) >= 11 is 0. The lowest BCUT2D eigenvalue weighted by Crippen LogP contribution is -2.37. The molecule has 0 aliphatic carbocycles. The molecular weight excluding hydrogens is 294 g/mol. The maximum Gasteiger partial charge on any atom is 0.276 e. The number of likely N-dealkylation sites (N-methyl/N-ethyl adjacent to an activating group) is 1. The number of carbonyl (C=O) groups excluding carboxylic acids is 1. The first-order valence-corrected chi connectivity index (χ1v) is 8.66. The zero-order valence-corrected chi connectivity index (χ0v) is 14.1. The highest BCUT2D eigenvalue weighted by molar-refractivity contribution is 5.93. The van der Waals surface area contributed by atoms with Crippen molar-refractivity contribution >= 4 is 5.91 Å². The van der Waals surface area contributed by atoms with Gasteiger partial charge in [0.25, 0.3) is 5.91 Å². The molecule has 3 heterocycles. The molecule has 23 heavy (non-hydrogen) atoms. The average molecular weight is 321 g/mol. The van der Waals surface area contributed by atoms with Crippen LogP contribution in [0.4, 0.5) is 0 Å². The van der Waals surface area contributed by atoms with Gasteiger partial charge in [0.15, 0.2) is 5.69 Å². The summed E-state index contributed by atoms with van der Waals surface area (Å²) in [6.45, 7) is 5.36. The third-order valence-corrected chi connectivity index (χ3v) is 4.88. The Hall–Kier alpha value is -1.47. The smallest absolute Gasteiger partial charge is 0.276 e. The molecule has 1 unspecified atom stereocenters. The van der Waals surface area contributed by atoms with Crippen LogP contribution >= 0.6 is 0 Å². The topological polar surface area (TPSA) is 72.3 Å². The number of nitrogens with one attached hydrogen (secondary N) is 1. The molecule has 2 fully saturated rings. The van der Waals surface area contributed by atoms with Crippen LogP contribution in [0.1, 0.15) is 54.3 Å². The van der Waals surface area contributed by atoms with Crippen LogP contribution in [0.25, 0.3) is 0 Å². The van der Waals surface area contributed by atoms with Crippen LogP contribution in [0.15, 0.2) is 0 Å². The molecule has 0 bridgehead atoms. The Balaban J connectivity index is 1.65. The van der Waals surface area contributed by atoms with Crippen LogP contribution in [0.5, 0.6) is 0 Å². The summed E-state index contributed by atoms with van der Waals surface area (Å²) in [5.74, 6) is -0.0585. The molecule has 1 amide bonds. The van der Waals surface area contributed by atoms with Crippen molar-refractivity contribution in [1.82, 2.24) is 25.2 Å². The molecular formula is C16H27N5O2. The Morgan fingerprint density at radius 3 is 2.83 bits per heavy atom. The van der Waals surface area contributed by atoms with E-state index in [-0.39, 0.29) is 12.0 Å². The average Bonchev–Trinajstić information content (AvgIpc) is 2.97. The van der Waals surface area contributed by atoms with Crippen molar-refractivity contribution in [2.24, 2.45) is 0 Å². The van der Waals surface area contributed by atoms with E-state index in [0.717, 1.165) is 51.1 Å². The molecule has 2 aliphatic heterocycles. The maximum absolute atomic E-state index is 12.7. The monoisotopic (exact) mass is 321 g/mol. The molecule has 3 rings (SSSR count). The van der Waals surface area contributed by atoms with Crippen LogP contribution in [0.2, 0.25) is 0 Å². The fourth-order valence-corrected chi connectivity index (χ4v) is 3.46. The van der Waals surface area contributed by atoms with E-state index in [9.17, 15) is 4.79 Å². The number of piperidine rings is 1. The van der Waals surface area contributed by atoms with Crippen molar-refractivity contribution in [2.45, 2.75) is 51.2 Å². The molecule has 0 radical (unpaired) electrons. The fraction of sp³-hybridized carbons (Fsp3) is 0.812. The molecule has 1 aromatic rings. The first kappa shape index (κ1) is 16.4.